The summed E-state index contributed by atoms with van der Waals surface area (Å²) in [5.41, 5.74) is 0.614. The van der Waals surface area contributed by atoms with Crippen LogP contribution < -0.4 is 0 Å². The van der Waals surface area contributed by atoms with Crippen molar-refractivity contribution in [1.82, 2.24) is 9.80 Å². The van der Waals surface area contributed by atoms with Crippen LogP contribution >= 0.6 is 0 Å². The van der Waals surface area contributed by atoms with Gasteiger partial charge in [-0.05, 0) is 48.2 Å². The Morgan fingerprint density at radius 1 is 0.500 bits per heavy atom. The minimum absolute atomic E-state index is 0.00186. The van der Waals surface area contributed by atoms with Crippen LogP contribution in [0.25, 0.3) is 0 Å². The van der Waals surface area contributed by atoms with Gasteiger partial charge in [0.1, 0.15) is 73.1 Å². The second-order valence-electron chi connectivity index (χ2n) is 20.0. The summed E-state index contributed by atoms with van der Waals surface area (Å²) >= 11 is 0. The second-order valence-corrected chi connectivity index (χ2v) is 20.0. The molecule has 0 spiro atoms. The van der Waals surface area contributed by atoms with E-state index >= 15 is 0 Å². The molecule has 5 heterocycles. The summed E-state index contributed by atoms with van der Waals surface area (Å²) in [6.07, 6.45) is -18.4. The summed E-state index contributed by atoms with van der Waals surface area (Å²) in [6.45, 7) is -5.61. The molecule has 6 N–H and O–H groups in total. The quantitative estimate of drug-likeness (QED) is 0.0315. The molecule has 5 aliphatic heterocycles. The van der Waals surface area contributed by atoms with E-state index in [9.17, 15) is 57.4 Å². The summed E-state index contributed by atoms with van der Waals surface area (Å²) in [7, 11) is 1.33. The molecule has 0 aliphatic carbocycles. The average molecular weight is 1120 g/mol. The number of nitrogens with zero attached hydrogens (tertiary/aromatic N) is 2. The van der Waals surface area contributed by atoms with Crippen molar-refractivity contribution in [2.75, 3.05) is 33.5 Å². The molecule has 80 heavy (non-hydrogen) atoms. The van der Waals surface area contributed by atoms with Crippen LogP contribution in [0.1, 0.15) is 100 Å². The maximum atomic E-state index is 14.3. The van der Waals surface area contributed by atoms with Gasteiger partial charge >= 0.3 is 5.97 Å². The second kappa shape index (κ2) is 27.2. The van der Waals surface area contributed by atoms with E-state index < -0.39 is 149 Å². The number of aliphatic hydroxyl groups is 6. The van der Waals surface area contributed by atoms with Crippen molar-refractivity contribution >= 4 is 29.6 Å². The molecular weight excluding hydrogens is 1040 g/mol. The van der Waals surface area contributed by atoms with E-state index in [4.69, 9.17) is 42.6 Å². The highest BCUT2D eigenvalue weighted by Gasteiger charge is 2.58. The van der Waals surface area contributed by atoms with Crippen LogP contribution in [0.3, 0.4) is 0 Å². The van der Waals surface area contributed by atoms with E-state index in [0.717, 1.165) is 19.3 Å². The summed E-state index contributed by atoms with van der Waals surface area (Å²) < 4.78 is 75.9. The maximum absolute atomic E-state index is 14.3. The Morgan fingerprint density at radius 2 is 0.925 bits per heavy atom. The maximum Gasteiger partial charge on any atom is 0.305 e. The van der Waals surface area contributed by atoms with E-state index in [2.05, 4.69) is 0 Å². The number of esters is 1. The highest BCUT2D eigenvalue weighted by molar-refractivity contribution is 6.22. The Bertz CT molecular complexity index is 2750. The Balaban J connectivity index is 1.12. The van der Waals surface area contributed by atoms with Crippen molar-refractivity contribution in [3.05, 3.63) is 143 Å². The van der Waals surface area contributed by atoms with Gasteiger partial charge in [0.2, 0.25) is 0 Å². The van der Waals surface area contributed by atoms with Crippen molar-refractivity contribution in [2.45, 2.75) is 150 Å². The third-order valence-electron chi connectivity index (χ3n) is 14.9. The van der Waals surface area contributed by atoms with Gasteiger partial charge in [0.05, 0.1) is 65.1 Å². The third kappa shape index (κ3) is 12.7. The zero-order valence-electron chi connectivity index (χ0n) is 45.8. The largest absolute Gasteiger partial charge is 0.469 e. The summed E-state index contributed by atoms with van der Waals surface area (Å²) in [5, 5.41) is 67.4. The number of ether oxygens (including phenoxy) is 9. The molecule has 4 amide bonds. The molecule has 3 fully saturated rings. The monoisotopic (exact) mass is 1110 g/mol. The Hall–Kier alpha value is -5.93. The molecule has 5 aliphatic rings. The summed E-state index contributed by atoms with van der Waals surface area (Å²) in [6, 6.07) is 24.8. The lowest BCUT2D eigenvalue weighted by Crippen LogP contribution is -2.69. The molecule has 0 bridgehead atoms. The first-order valence-electron chi connectivity index (χ1n) is 27.9. The molecule has 0 aromatic heterocycles. The van der Waals surface area contributed by atoms with E-state index in [0.29, 0.717) is 40.2 Å². The fourth-order valence-electron chi connectivity index (χ4n) is 10.6. The standard InChI is InChI=1S/C58H68N2O20/c1-72-42(63)26-12-4-2-3-5-17-27-73-58-51(75-31-34-20-10-7-11-21-34)50(80-57-44(48(67)46(65)40(29-62)78-57)60-54(70)37-24-15-16-25-38(37)55(60)71)49(74-30-33-18-8-6-9-19-33)41(79-58)32-76-56-43(47(66)45(64)39(28-61)77-56)59-52(68)35-22-13-14-23-36(35)53(59)69/h6-11,13-16,18-25,39-41,43-51,56-58,61-62,64-67H,2-5,12,17,26-32H2,1H3/t39-,40-,41-,43-,44-,45-,46-,47-,48-,49-,50+,51+,56-,57+,58?/m1/s1/i30D,31D/t30?,31?,39-,40-,41-,43-,44-,45-,46-,47-,48-,49-,50+,51+,56-,57+,58?. The van der Waals surface area contributed by atoms with Crippen molar-refractivity contribution < 1.29 is 100.0 Å². The van der Waals surface area contributed by atoms with Gasteiger partial charge in [-0.25, -0.2) is 0 Å². The number of hydrogen-bond acceptors (Lipinski definition) is 20. The zero-order valence-corrected chi connectivity index (χ0v) is 43.8. The van der Waals surface area contributed by atoms with Crippen molar-refractivity contribution in [2.24, 2.45) is 0 Å². The number of hydrogen-bond donors (Lipinski definition) is 6. The number of benzene rings is 4. The normalized spacial score (nSPS) is 31.6. The van der Waals surface area contributed by atoms with Gasteiger partial charge in [0.25, 0.3) is 23.6 Å². The van der Waals surface area contributed by atoms with Crippen molar-refractivity contribution in [3.8, 4) is 0 Å². The van der Waals surface area contributed by atoms with Crippen LogP contribution in [0.2, 0.25) is 0 Å². The number of fused-ring (bicyclic) bond motifs is 2. The SMILES string of the molecule is [2H]C(O[C@H]1[C@H](O[C@@H]2O[C@H](CO)[C@@H](O)[C@H](O)[C@H]2N2C(=O)c3ccccc3C2=O)[C@H](OC([2H])c2ccccc2)C(OCCCCCCCCC(=O)OC)O[C@@H]1CO[C@@H]1O[C@H](CO)[C@@H](O)[C@H](O)[C@H]1N1C(=O)c2ccccc2C1=O)c1ccccc1. The van der Waals surface area contributed by atoms with E-state index in [1.807, 2.05) is 0 Å². The molecule has 4 aromatic carbocycles. The molecule has 22 heteroatoms. The van der Waals surface area contributed by atoms with Crippen LogP contribution in [-0.2, 0) is 60.6 Å². The van der Waals surface area contributed by atoms with Gasteiger partial charge in [-0.3, -0.25) is 33.8 Å². The molecule has 17 atom stereocenters. The van der Waals surface area contributed by atoms with Crippen molar-refractivity contribution in [3.63, 3.8) is 0 Å². The van der Waals surface area contributed by atoms with E-state index in [1.165, 1.54) is 43.5 Å². The molecule has 4 aromatic rings. The first kappa shape index (κ1) is 56.0. The average Bonchev–Trinajstić information content (AvgIpc) is 2.80. The topological polar surface area (TPSA) is 296 Å². The number of imide groups is 2. The van der Waals surface area contributed by atoms with E-state index in [1.54, 1.807) is 72.8 Å². The molecule has 0 radical (unpaired) electrons. The van der Waals surface area contributed by atoms with Crippen LogP contribution in [0.5, 0.6) is 0 Å². The number of carbonyl (C=O) groups excluding carboxylic acids is 5. The van der Waals surface area contributed by atoms with Gasteiger partial charge in [-0.1, -0.05) is 111 Å². The predicted octanol–water partition coefficient (Wildman–Crippen LogP) is 2.41. The molecule has 3 saturated heterocycles. The molecular formula is C58H68N2O20. The lowest BCUT2D eigenvalue weighted by molar-refractivity contribution is -0.367. The van der Waals surface area contributed by atoms with Crippen molar-refractivity contribution in [1.29, 1.82) is 0 Å². The van der Waals surface area contributed by atoms with Crippen LogP contribution in [0.4, 0.5) is 0 Å². The van der Waals surface area contributed by atoms with E-state index in [-0.39, 0.29) is 41.3 Å². The lowest BCUT2D eigenvalue weighted by Gasteiger charge is -2.50. The van der Waals surface area contributed by atoms with Gasteiger partial charge in [0.15, 0.2) is 18.9 Å². The predicted molar refractivity (Wildman–Crippen MR) is 277 cm³/mol. The van der Waals surface area contributed by atoms with Crippen LogP contribution in [0, 0.1) is 0 Å². The zero-order chi connectivity index (χ0) is 58.2. The smallest absolute Gasteiger partial charge is 0.305 e. The number of amides is 4. The number of rotatable bonds is 25. The fourth-order valence-corrected chi connectivity index (χ4v) is 10.6. The van der Waals surface area contributed by atoms with Crippen LogP contribution in [-0.4, -0.2) is 196 Å². The fraction of sp³-hybridized carbons (Fsp3) is 0.500. The van der Waals surface area contributed by atoms with Gasteiger partial charge in [0, 0.05) is 13.0 Å². The summed E-state index contributed by atoms with van der Waals surface area (Å²) in [5.74, 6) is -3.73. The first-order chi connectivity index (χ1) is 39.7. The van der Waals surface area contributed by atoms with Gasteiger partial charge in [-0.15, -0.1) is 0 Å². The Labute approximate surface area is 464 Å². The van der Waals surface area contributed by atoms with Gasteiger partial charge < -0.3 is 73.3 Å². The molecule has 9 rings (SSSR count). The number of carbonyl (C=O) groups is 5. The highest BCUT2D eigenvalue weighted by atomic mass is 16.8. The minimum Gasteiger partial charge on any atom is -0.469 e. The minimum atomic E-state index is -2.03. The molecule has 430 valence electrons. The molecule has 3 unspecified atom stereocenters. The summed E-state index contributed by atoms with van der Waals surface area (Å²) in [4.78, 5) is 69.7. The third-order valence-corrected chi connectivity index (χ3v) is 14.9. The number of aliphatic hydroxyl groups excluding tert-OH is 6. The Kier molecular flexibility index (Phi) is 19.0. The molecule has 0 saturated carbocycles. The molecule has 22 nitrogen and oxygen atoms in total. The number of methoxy groups -OCH3 is 1. The van der Waals surface area contributed by atoms with Crippen LogP contribution in [0.15, 0.2) is 109 Å². The highest BCUT2D eigenvalue weighted by Crippen LogP contribution is 2.39. The first-order valence-corrected chi connectivity index (χ1v) is 26.7. The number of unbranched alkanes of at least 4 members (excludes halogenated alkanes) is 5. The Morgan fingerprint density at radius 3 is 1.41 bits per heavy atom. The lowest BCUT2D eigenvalue weighted by atomic mass is 9.94. The van der Waals surface area contributed by atoms with Gasteiger partial charge in [-0.2, -0.15) is 0 Å².